The lowest BCUT2D eigenvalue weighted by molar-refractivity contribution is -0.670. The monoisotopic (exact) mass is 350 g/mol. The minimum Gasteiger partial charge on any atom is -0.497 e. The molecule has 112 valence electrons. The molecule has 0 aliphatic carbocycles. The summed E-state index contributed by atoms with van der Waals surface area (Å²) in [6.07, 6.45) is 1.06. The summed E-state index contributed by atoms with van der Waals surface area (Å²) in [7, 11) is 3.37. The van der Waals surface area contributed by atoms with E-state index >= 15 is 0 Å². The second-order valence-corrected chi connectivity index (χ2v) is 5.70. The lowest BCUT2D eigenvalue weighted by Gasteiger charge is -2.06. The quantitative estimate of drug-likeness (QED) is 0.779. The van der Waals surface area contributed by atoms with Gasteiger partial charge in [0.2, 0.25) is 0 Å². The van der Waals surface area contributed by atoms with E-state index in [-0.39, 0.29) is 0 Å². The Morgan fingerprint density at radius 1 is 0.952 bits per heavy atom. The van der Waals surface area contributed by atoms with Crippen molar-refractivity contribution in [2.75, 3.05) is 20.8 Å². The Kier molecular flexibility index (Phi) is 6.08. The van der Waals surface area contributed by atoms with E-state index in [1.54, 1.807) is 14.2 Å². The molecule has 2 N–H and O–H groups in total. The van der Waals surface area contributed by atoms with Crippen LogP contribution in [0.5, 0.6) is 11.5 Å². The number of nitrogens with two attached hydrogens (primary N) is 1. The number of hydrogen-bond donors (Lipinski definition) is 1. The summed E-state index contributed by atoms with van der Waals surface area (Å²) in [5.41, 5.74) is 2.63. The first-order chi connectivity index (χ1) is 10.2. The minimum atomic E-state index is 0.872. The summed E-state index contributed by atoms with van der Waals surface area (Å²) < 4.78 is 11.4. The van der Waals surface area contributed by atoms with Crippen LogP contribution in [0, 0.1) is 0 Å². The van der Waals surface area contributed by atoms with Crippen molar-refractivity contribution in [3.63, 3.8) is 0 Å². The Morgan fingerprint density at radius 3 is 2.29 bits per heavy atom. The molecule has 0 fully saturated rings. The van der Waals surface area contributed by atoms with Crippen LogP contribution < -0.4 is 14.8 Å². The van der Waals surface area contributed by atoms with Gasteiger partial charge in [-0.25, -0.2) is 0 Å². The average molecular weight is 351 g/mol. The van der Waals surface area contributed by atoms with Crippen LogP contribution in [0.4, 0.5) is 0 Å². The fraction of sp³-hybridized carbons (Fsp3) is 0.294. The Labute approximate surface area is 134 Å². The van der Waals surface area contributed by atoms with Crippen molar-refractivity contribution in [1.29, 1.82) is 0 Å². The van der Waals surface area contributed by atoms with Gasteiger partial charge in [0.25, 0.3) is 0 Å². The van der Waals surface area contributed by atoms with Gasteiger partial charge in [0.05, 0.1) is 25.2 Å². The van der Waals surface area contributed by atoms with Crippen LogP contribution in [0.1, 0.15) is 11.1 Å². The average Bonchev–Trinajstić information content (AvgIpc) is 2.52. The zero-order valence-corrected chi connectivity index (χ0v) is 14.0. The summed E-state index contributed by atoms with van der Waals surface area (Å²) >= 11 is 3.52. The van der Waals surface area contributed by atoms with Crippen molar-refractivity contribution in [3.8, 4) is 11.5 Å². The van der Waals surface area contributed by atoms with Gasteiger partial charge in [0.1, 0.15) is 18.0 Å². The smallest absolute Gasteiger partial charge is 0.133 e. The van der Waals surface area contributed by atoms with E-state index in [1.807, 2.05) is 18.2 Å². The molecule has 0 heterocycles. The third-order valence-electron chi connectivity index (χ3n) is 3.39. The summed E-state index contributed by atoms with van der Waals surface area (Å²) in [5, 5.41) is 2.32. The summed E-state index contributed by atoms with van der Waals surface area (Å²) in [4.78, 5) is 0. The third-order valence-corrected chi connectivity index (χ3v) is 4.01. The highest BCUT2D eigenvalue weighted by Gasteiger charge is 2.03. The summed E-state index contributed by atoms with van der Waals surface area (Å²) in [5.74, 6) is 1.78. The second-order valence-electron chi connectivity index (χ2n) is 4.85. The number of quaternary nitrogens is 1. The van der Waals surface area contributed by atoms with Crippen LogP contribution in [0.25, 0.3) is 0 Å². The van der Waals surface area contributed by atoms with Gasteiger partial charge >= 0.3 is 0 Å². The Morgan fingerprint density at radius 2 is 1.67 bits per heavy atom. The number of hydrogen-bond acceptors (Lipinski definition) is 2. The van der Waals surface area contributed by atoms with Gasteiger partial charge in [0.15, 0.2) is 0 Å². The second kappa shape index (κ2) is 8.05. The normalized spacial score (nSPS) is 10.4. The largest absolute Gasteiger partial charge is 0.497 e. The van der Waals surface area contributed by atoms with Crippen LogP contribution in [-0.2, 0) is 13.0 Å². The highest BCUT2D eigenvalue weighted by Crippen LogP contribution is 2.25. The molecule has 0 saturated heterocycles. The van der Waals surface area contributed by atoms with Gasteiger partial charge in [0, 0.05) is 12.0 Å². The molecule has 3 nitrogen and oxygen atoms in total. The van der Waals surface area contributed by atoms with Crippen molar-refractivity contribution in [1.82, 2.24) is 0 Å². The van der Waals surface area contributed by atoms with Crippen LogP contribution in [0.2, 0.25) is 0 Å². The van der Waals surface area contributed by atoms with E-state index in [0.717, 1.165) is 35.5 Å². The maximum Gasteiger partial charge on any atom is 0.133 e. The Bertz CT molecular complexity index is 570. The molecule has 0 saturated carbocycles. The minimum absolute atomic E-state index is 0.872. The molecule has 2 rings (SSSR count). The first kappa shape index (κ1) is 15.9. The highest BCUT2D eigenvalue weighted by molar-refractivity contribution is 9.10. The number of methoxy groups -OCH3 is 2. The van der Waals surface area contributed by atoms with Crippen LogP contribution >= 0.6 is 15.9 Å². The van der Waals surface area contributed by atoms with Gasteiger partial charge < -0.3 is 14.8 Å². The molecular formula is C17H21BrNO2+. The van der Waals surface area contributed by atoms with Gasteiger partial charge in [-0.05, 0) is 51.8 Å². The lowest BCUT2D eigenvalue weighted by Crippen LogP contribution is -2.83. The molecule has 0 unspecified atom stereocenters. The van der Waals surface area contributed by atoms with E-state index in [2.05, 4.69) is 45.5 Å². The summed E-state index contributed by atoms with van der Waals surface area (Å²) in [6, 6.07) is 14.5. The predicted molar refractivity (Wildman–Crippen MR) is 87.9 cm³/mol. The third kappa shape index (κ3) is 4.76. The first-order valence-corrected chi connectivity index (χ1v) is 7.79. The van der Waals surface area contributed by atoms with E-state index in [9.17, 15) is 0 Å². The Balaban J connectivity index is 1.77. The van der Waals surface area contributed by atoms with E-state index in [1.165, 1.54) is 11.1 Å². The molecule has 21 heavy (non-hydrogen) atoms. The fourth-order valence-corrected chi connectivity index (χ4v) is 2.75. The van der Waals surface area contributed by atoms with E-state index < -0.39 is 0 Å². The predicted octanol–water partition coefficient (Wildman–Crippen LogP) is 2.77. The Hall–Kier alpha value is -1.52. The van der Waals surface area contributed by atoms with Crippen LogP contribution in [0.15, 0.2) is 46.9 Å². The molecule has 0 radical (unpaired) electrons. The molecule has 0 aliphatic rings. The fourth-order valence-electron chi connectivity index (χ4n) is 2.17. The molecule has 0 aliphatic heterocycles. The molecule has 2 aromatic rings. The molecule has 4 heteroatoms. The van der Waals surface area contributed by atoms with Gasteiger partial charge in [-0.3, -0.25) is 0 Å². The maximum atomic E-state index is 5.23. The lowest BCUT2D eigenvalue weighted by atomic mass is 10.1. The number of ether oxygens (including phenoxy) is 2. The van der Waals surface area contributed by atoms with Gasteiger partial charge in [-0.2, -0.15) is 0 Å². The standard InChI is InChI=1S/C17H20BrNO2/c1-20-15-6-3-13(4-7-15)9-10-19-12-14-5-8-17(21-2)16(18)11-14/h3-8,11,19H,9-10,12H2,1-2H3/p+1. The zero-order valence-electron chi connectivity index (χ0n) is 12.4. The maximum absolute atomic E-state index is 5.23. The molecule has 0 spiro atoms. The zero-order chi connectivity index (χ0) is 15.1. The molecule has 0 bridgehead atoms. The van der Waals surface area contributed by atoms with Crippen molar-refractivity contribution in [2.24, 2.45) is 0 Å². The summed E-state index contributed by atoms with van der Waals surface area (Å²) in [6.45, 7) is 2.04. The molecule has 0 aromatic heterocycles. The van der Waals surface area contributed by atoms with Crippen molar-refractivity contribution in [2.45, 2.75) is 13.0 Å². The van der Waals surface area contributed by atoms with Gasteiger partial charge in [-0.1, -0.05) is 12.1 Å². The van der Waals surface area contributed by atoms with Gasteiger partial charge in [-0.15, -0.1) is 0 Å². The first-order valence-electron chi connectivity index (χ1n) is 7.00. The van der Waals surface area contributed by atoms with Crippen molar-refractivity contribution < 1.29 is 14.8 Å². The molecular weight excluding hydrogens is 330 g/mol. The van der Waals surface area contributed by atoms with E-state index in [0.29, 0.717) is 0 Å². The number of rotatable bonds is 7. The van der Waals surface area contributed by atoms with E-state index in [4.69, 9.17) is 9.47 Å². The highest BCUT2D eigenvalue weighted by atomic mass is 79.9. The molecule has 0 atom stereocenters. The SMILES string of the molecule is COc1ccc(CC[NH2+]Cc2ccc(OC)c(Br)c2)cc1. The molecule has 0 amide bonds. The van der Waals surface area contributed by atoms with Crippen molar-refractivity contribution in [3.05, 3.63) is 58.1 Å². The van der Waals surface area contributed by atoms with Crippen LogP contribution in [0.3, 0.4) is 0 Å². The number of halogens is 1. The van der Waals surface area contributed by atoms with Crippen molar-refractivity contribution >= 4 is 15.9 Å². The number of benzene rings is 2. The topological polar surface area (TPSA) is 35.1 Å². The van der Waals surface area contributed by atoms with Crippen LogP contribution in [-0.4, -0.2) is 20.8 Å². The molecule has 2 aromatic carbocycles.